The van der Waals surface area contributed by atoms with Crippen molar-refractivity contribution in [1.29, 1.82) is 0 Å². The minimum absolute atomic E-state index is 0.131. The Morgan fingerprint density at radius 3 is 2.78 bits per heavy atom. The number of hydrazone groups is 1. The topological polar surface area (TPSA) is 101 Å². The highest BCUT2D eigenvalue weighted by Crippen LogP contribution is 2.16. The van der Waals surface area contributed by atoms with Crippen LogP contribution in [0.2, 0.25) is 0 Å². The molecule has 0 radical (unpaired) electrons. The van der Waals surface area contributed by atoms with Crippen LogP contribution in [0.25, 0.3) is 0 Å². The molecule has 23 heavy (non-hydrogen) atoms. The number of carboxylic acid groups (broad SMARTS) is 1. The number of carbonyl (C=O) groups is 2. The van der Waals surface area contributed by atoms with Crippen molar-refractivity contribution >= 4 is 34.6 Å². The van der Waals surface area contributed by atoms with Crippen LogP contribution in [-0.2, 0) is 16.0 Å². The largest absolute Gasteiger partial charge is 0.478 e. The molecular formula is C15H15N3O4S. The molecule has 0 spiro atoms. The van der Waals surface area contributed by atoms with E-state index in [2.05, 4.69) is 15.5 Å². The zero-order valence-corrected chi connectivity index (χ0v) is 13.2. The van der Waals surface area contributed by atoms with Crippen LogP contribution >= 0.6 is 11.3 Å². The lowest BCUT2D eigenvalue weighted by atomic mass is 10.1. The van der Waals surface area contributed by atoms with Gasteiger partial charge in [0.15, 0.2) is 0 Å². The van der Waals surface area contributed by atoms with E-state index in [1.165, 1.54) is 23.5 Å². The maximum absolute atomic E-state index is 11.3. The molecule has 2 rings (SSSR count). The molecule has 0 aliphatic carbocycles. The first kappa shape index (κ1) is 16.6. The number of carbonyl (C=O) groups excluding carboxylic acids is 1. The first-order valence-corrected chi connectivity index (χ1v) is 7.69. The highest BCUT2D eigenvalue weighted by Gasteiger charge is 2.07. The van der Waals surface area contributed by atoms with Crippen molar-refractivity contribution in [2.24, 2.45) is 5.10 Å². The van der Waals surface area contributed by atoms with Gasteiger partial charge in [-0.05, 0) is 24.6 Å². The number of aromatic carboxylic acids is 1. The van der Waals surface area contributed by atoms with E-state index in [-0.39, 0.29) is 18.0 Å². The molecule has 0 atom stereocenters. The maximum Gasteiger partial charge on any atom is 0.335 e. The summed E-state index contributed by atoms with van der Waals surface area (Å²) in [6, 6.07) is 6.32. The summed E-state index contributed by atoms with van der Waals surface area (Å²) in [5.74, 6) is -1.28. The van der Waals surface area contributed by atoms with Gasteiger partial charge in [-0.25, -0.2) is 9.78 Å². The Bertz CT molecular complexity index is 710. The summed E-state index contributed by atoms with van der Waals surface area (Å²) in [6.07, 6.45) is 1.68. The first-order valence-electron chi connectivity index (χ1n) is 6.81. The Kier molecular flexibility index (Phi) is 5.81. The zero-order valence-electron chi connectivity index (χ0n) is 12.4. The molecule has 0 fully saturated rings. The van der Waals surface area contributed by atoms with E-state index in [1.807, 2.05) is 0 Å². The Balaban J connectivity index is 1.89. The van der Waals surface area contributed by atoms with Crippen LogP contribution in [0.1, 0.15) is 28.5 Å². The fourth-order valence-corrected chi connectivity index (χ4v) is 2.33. The predicted octanol–water partition coefficient (Wildman–Crippen LogP) is 2.39. The van der Waals surface area contributed by atoms with E-state index >= 15 is 0 Å². The van der Waals surface area contributed by atoms with Gasteiger partial charge in [0.05, 0.1) is 30.5 Å². The summed E-state index contributed by atoms with van der Waals surface area (Å²) in [6.45, 7) is 2.10. The van der Waals surface area contributed by atoms with Crippen LogP contribution < -0.4 is 5.43 Å². The quantitative estimate of drug-likeness (QED) is 0.458. The van der Waals surface area contributed by atoms with Crippen molar-refractivity contribution in [2.75, 3.05) is 12.0 Å². The molecule has 1 aromatic heterocycles. The molecule has 1 aromatic carbocycles. The van der Waals surface area contributed by atoms with E-state index in [9.17, 15) is 9.59 Å². The number of thiazole rings is 1. The van der Waals surface area contributed by atoms with E-state index in [0.717, 1.165) is 5.56 Å². The number of nitrogens with one attached hydrogen (secondary N) is 1. The minimum atomic E-state index is -0.969. The molecule has 120 valence electrons. The molecule has 0 aliphatic rings. The monoisotopic (exact) mass is 333 g/mol. The summed E-state index contributed by atoms with van der Waals surface area (Å²) < 4.78 is 4.85. The summed E-state index contributed by atoms with van der Waals surface area (Å²) >= 11 is 1.33. The third-order valence-electron chi connectivity index (χ3n) is 2.71. The third kappa shape index (κ3) is 5.19. The summed E-state index contributed by atoms with van der Waals surface area (Å²) in [7, 11) is 0. The molecule has 0 bridgehead atoms. The highest BCUT2D eigenvalue weighted by atomic mass is 32.1. The molecule has 2 aromatic rings. The number of nitrogens with zero attached hydrogens (tertiary/aromatic N) is 2. The Hall–Kier alpha value is -2.74. The smallest absolute Gasteiger partial charge is 0.335 e. The lowest BCUT2D eigenvalue weighted by Gasteiger charge is -1.98. The molecule has 0 unspecified atom stereocenters. The van der Waals surface area contributed by atoms with Gasteiger partial charge in [-0.15, -0.1) is 11.3 Å². The van der Waals surface area contributed by atoms with Gasteiger partial charge in [0.25, 0.3) is 0 Å². The number of hydrogen-bond acceptors (Lipinski definition) is 7. The summed E-state index contributed by atoms with van der Waals surface area (Å²) in [4.78, 5) is 26.3. The second-order valence-corrected chi connectivity index (χ2v) is 5.28. The number of aromatic nitrogens is 1. The minimum Gasteiger partial charge on any atom is -0.478 e. The van der Waals surface area contributed by atoms with Crippen LogP contribution in [0, 0.1) is 0 Å². The zero-order chi connectivity index (χ0) is 16.7. The van der Waals surface area contributed by atoms with Crippen LogP contribution in [0.15, 0.2) is 34.7 Å². The van der Waals surface area contributed by atoms with Crippen LogP contribution in [0.3, 0.4) is 0 Å². The number of ether oxygens (including phenoxy) is 1. The molecule has 0 amide bonds. The predicted molar refractivity (Wildman–Crippen MR) is 87.1 cm³/mol. The number of rotatable bonds is 7. The van der Waals surface area contributed by atoms with E-state index in [0.29, 0.717) is 17.4 Å². The average molecular weight is 333 g/mol. The average Bonchev–Trinajstić information content (AvgIpc) is 2.95. The maximum atomic E-state index is 11.3. The lowest BCUT2D eigenvalue weighted by molar-refractivity contribution is -0.142. The van der Waals surface area contributed by atoms with E-state index in [1.54, 1.807) is 30.7 Å². The van der Waals surface area contributed by atoms with Gasteiger partial charge < -0.3 is 9.84 Å². The molecule has 2 N–H and O–H groups in total. The number of benzene rings is 1. The SMILES string of the molecule is CCOC(=O)Cc1csc(N/N=C/c2ccc(C(=O)O)cc2)n1. The van der Waals surface area contributed by atoms with Gasteiger partial charge in [-0.1, -0.05) is 12.1 Å². The lowest BCUT2D eigenvalue weighted by Crippen LogP contribution is -2.07. The van der Waals surface area contributed by atoms with Gasteiger partial charge in [0.2, 0.25) is 5.13 Å². The van der Waals surface area contributed by atoms with E-state index in [4.69, 9.17) is 9.84 Å². The Labute approximate surface area is 136 Å². The van der Waals surface area contributed by atoms with Gasteiger partial charge in [-0.3, -0.25) is 10.2 Å². The molecule has 7 nitrogen and oxygen atoms in total. The van der Waals surface area contributed by atoms with Gasteiger partial charge in [0, 0.05) is 5.38 Å². The second kappa shape index (κ2) is 8.04. The number of anilines is 1. The molecule has 8 heteroatoms. The van der Waals surface area contributed by atoms with Crippen molar-refractivity contribution in [3.63, 3.8) is 0 Å². The van der Waals surface area contributed by atoms with Gasteiger partial charge in [-0.2, -0.15) is 5.10 Å². The van der Waals surface area contributed by atoms with Crippen molar-refractivity contribution in [2.45, 2.75) is 13.3 Å². The van der Waals surface area contributed by atoms with Crippen LogP contribution in [-0.4, -0.2) is 34.9 Å². The second-order valence-electron chi connectivity index (χ2n) is 4.42. The molecule has 0 aliphatic heterocycles. The fourth-order valence-electron chi connectivity index (χ4n) is 1.67. The molecular weight excluding hydrogens is 318 g/mol. The first-order chi connectivity index (χ1) is 11.1. The van der Waals surface area contributed by atoms with Crippen molar-refractivity contribution in [3.8, 4) is 0 Å². The summed E-state index contributed by atoms with van der Waals surface area (Å²) in [5, 5.41) is 15.2. The molecule has 0 saturated heterocycles. The molecule has 0 saturated carbocycles. The van der Waals surface area contributed by atoms with Crippen molar-refractivity contribution in [3.05, 3.63) is 46.5 Å². The summed E-state index contributed by atoms with van der Waals surface area (Å²) in [5.41, 5.74) is 4.36. The van der Waals surface area contributed by atoms with Crippen molar-refractivity contribution in [1.82, 2.24) is 4.98 Å². The van der Waals surface area contributed by atoms with E-state index < -0.39 is 5.97 Å². The fraction of sp³-hybridized carbons (Fsp3) is 0.200. The number of esters is 1. The number of hydrogen-bond donors (Lipinski definition) is 2. The van der Waals surface area contributed by atoms with Crippen molar-refractivity contribution < 1.29 is 19.4 Å². The highest BCUT2D eigenvalue weighted by molar-refractivity contribution is 7.13. The van der Waals surface area contributed by atoms with Gasteiger partial charge >= 0.3 is 11.9 Å². The van der Waals surface area contributed by atoms with Crippen LogP contribution in [0.4, 0.5) is 5.13 Å². The normalized spacial score (nSPS) is 10.7. The Morgan fingerprint density at radius 2 is 2.13 bits per heavy atom. The Morgan fingerprint density at radius 1 is 1.39 bits per heavy atom. The van der Waals surface area contributed by atoms with Crippen LogP contribution in [0.5, 0.6) is 0 Å². The third-order valence-corrected chi connectivity index (χ3v) is 3.51. The standard InChI is InChI=1S/C15H15N3O4S/c1-2-22-13(19)7-12-9-23-15(17-12)18-16-8-10-3-5-11(6-4-10)14(20)21/h3-6,8-9H,2,7H2,1H3,(H,17,18)(H,20,21)/b16-8+. The number of carboxylic acids is 1. The molecule has 1 heterocycles. The van der Waals surface area contributed by atoms with Gasteiger partial charge in [0.1, 0.15) is 0 Å².